The third-order valence-corrected chi connectivity index (χ3v) is 5.60. The second kappa shape index (κ2) is 8.59. The van der Waals surface area contributed by atoms with E-state index in [0.717, 1.165) is 33.4 Å². The van der Waals surface area contributed by atoms with Gasteiger partial charge in [0, 0.05) is 19.5 Å². The van der Waals surface area contributed by atoms with Crippen LogP contribution in [0.3, 0.4) is 0 Å². The summed E-state index contributed by atoms with van der Waals surface area (Å²) in [5.74, 6) is -0.412. The number of nitrogens with zero attached hydrogens (tertiary/aromatic N) is 1. The first-order valence-electron chi connectivity index (χ1n) is 9.99. The summed E-state index contributed by atoms with van der Waals surface area (Å²) in [6.45, 7) is 1.18. The maximum Gasteiger partial charge on any atom is 0.301 e. The molecule has 4 rings (SSSR count). The van der Waals surface area contributed by atoms with Crippen LogP contribution in [0.4, 0.5) is 4.39 Å². The first-order chi connectivity index (χ1) is 14.5. The van der Waals surface area contributed by atoms with Crippen LogP contribution >= 0.6 is 0 Å². The third-order valence-electron chi connectivity index (χ3n) is 5.60. The Morgan fingerprint density at radius 3 is 2.47 bits per heavy atom. The van der Waals surface area contributed by atoms with E-state index in [4.69, 9.17) is 5.73 Å². The number of carbonyl (C=O) groups is 2. The van der Waals surface area contributed by atoms with Gasteiger partial charge in [-0.15, -0.1) is 0 Å². The van der Waals surface area contributed by atoms with E-state index < -0.39 is 18.0 Å². The lowest BCUT2D eigenvalue weighted by molar-refractivity contribution is -0.129. The van der Waals surface area contributed by atoms with Crippen molar-refractivity contribution in [1.82, 2.24) is 4.90 Å². The first kappa shape index (κ1) is 20.0. The molecule has 2 N–H and O–H groups in total. The number of benzene rings is 3. The van der Waals surface area contributed by atoms with Crippen molar-refractivity contribution in [3.63, 3.8) is 0 Å². The summed E-state index contributed by atoms with van der Waals surface area (Å²) in [4.78, 5) is 25.1. The lowest BCUT2D eigenvalue weighted by Gasteiger charge is -2.24. The fourth-order valence-electron chi connectivity index (χ4n) is 4.20. The van der Waals surface area contributed by atoms with Gasteiger partial charge in [0.05, 0.1) is 0 Å². The molecule has 1 unspecified atom stereocenters. The Kier molecular flexibility index (Phi) is 5.72. The molecule has 1 aliphatic heterocycles. The van der Waals surface area contributed by atoms with E-state index in [-0.39, 0.29) is 6.42 Å². The van der Waals surface area contributed by atoms with E-state index in [9.17, 15) is 14.0 Å². The van der Waals surface area contributed by atoms with Crippen molar-refractivity contribution in [3.8, 4) is 11.1 Å². The molecule has 0 saturated carbocycles. The van der Waals surface area contributed by atoms with Crippen LogP contribution in [-0.2, 0) is 29.1 Å². The molecule has 152 valence electrons. The molecule has 0 bridgehead atoms. The van der Waals surface area contributed by atoms with Gasteiger partial charge in [0.25, 0.3) is 0 Å². The van der Waals surface area contributed by atoms with Gasteiger partial charge in [0.1, 0.15) is 6.04 Å². The van der Waals surface area contributed by atoms with Crippen LogP contribution in [0.5, 0.6) is 0 Å². The van der Waals surface area contributed by atoms with Gasteiger partial charge in [0.15, 0.2) is 0 Å². The largest absolute Gasteiger partial charge is 0.368 e. The quantitative estimate of drug-likeness (QED) is 0.599. The van der Waals surface area contributed by atoms with Crippen LogP contribution in [0.2, 0.25) is 0 Å². The zero-order valence-electron chi connectivity index (χ0n) is 16.6. The van der Waals surface area contributed by atoms with Gasteiger partial charge >= 0.3 is 6.04 Å². The van der Waals surface area contributed by atoms with E-state index >= 15 is 0 Å². The first-order valence-corrected chi connectivity index (χ1v) is 9.99. The van der Waals surface area contributed by atoms with Gasteiger partial charge < -0.3 is 5.73 Å². The highest BCUT2D eigenvalue weighted by Gasteiger charge is 2.34. The average molecular weight is 402 g/mol. The Morgan fingerprint density at radius 2 is 1.73 bits per heavy atom. The number of nitrogens with two attached hydrogens (primary N) is 1. The summed E-state index contributed by atoms with van der Waals surface area (Å²) in [6, 6.07) is 22.1. The predicted molar refractivity (Wildman–Crippen MR) is 114 cm³/mol. The number of amides is 1. The van der Waals surface area contributed by atoms with E-state index in [2.05, 4.69) is 29.2 Å². The summed E-state index contributed by atoms with van der Waals surface area (Å²) < 4.78 is 12.6. The van der Waals surface area contributed by atoms with Crippen molar-refractivity contribution < 1.29 is 14.0 Å². The van der Waals surface area contributed by atoms with Gasteiger partial charge in [-0.2, -0.15) is 4.39 Å². The van der Waals surface area contributed by atoms with Crippen LogP contribution < -0.4 is 5.73 Å². The molecule has 5 heteroatoms. The standard InChI is InChI=1S/C25H23FN2O2/c26-23(29)13-11-17-10-12-20-16-28(24(25(27)30)22(20)14-17)15-19-8-4-5-9-21(19)18-6-2-1-3-7-18/h1-10,12,14,24H,11,13,15-16H2,(H2,27,30). The van der Waals surface area contributed by atoms with Crippen LogP contribution in [0, 0.1) is 0 Å². The highest BCUT2D eigenvalue weighted by atomic mass is 19.1. The zero-order valence-corrected chi connectivity index (χ0v) is 16.6. The van der Waals surface area contributed by atoms with Crippen molar-refractivity contribution in [2.75, 3.05) is 0 Å². The molecule has 4 nitrogen and oxygen atoms in total. The molecule has 30 heavy (non-hydrogen) atoms. The number of primary amides is 1. The predicted octanol–water partition coefficient (Wildman–Crippen LogP) is 4.32. The number of hydrogen-bond donors (Lipinski definition) is 1. The number of hydrogen-bond acceptors (Lipinski definition) is 3. The van der Waals surface area contributed by atoms with Gasteiger partial charge in [-0.3, -0.25) is 14.5 Å². The van der Waals surface area contributed by atoms with Crippen molar-refractivity contribution in [3.05, 3.63) is 95.1 Å². The molecule has 1 atom stereocenters. The van der Waals surface area contributed by atoms with Crippen LogP contribution in [-0.4, -0.2) is 16.8 Å². The molecule has 0 radical (unpaired) electrons. The molecule has 0 aromatic heterocycles. The molecule has 0 saturated heterocycles. The lowest BCUT2D eigenvalue weighted by atomic mass is 9.98. The maximum atomic E-state index is 12.6. The molecular formula is C25H23FN2O2. The van der Waals surface area contributed by atoms with E-state index in [1.54, 1.807) is 0 Å². The summed E-state index contributed by atoms with van der Waals surface area (Å²) >= 11 is 0. The summed E-state index contributed by atoms with van der Waals surface area (Å²) in [5, 5.41) is 0. The average Bonchev–Trinajstić information content (AvgIpc) is 3.10. The van der Waals surface area contributed by atoms with Gasteiger partial charge in [-0.05, 0) is 39.8 Å². The Morgan fingerprint density at radius 1 is 1.00 bits per heavy atom. The highest BCUT2D eigenvalue weighted by molar-refractivity contribution is 5.83. The second-order valence-electron chi connectivity index (χ2n) is 7.62. The van der Waals surface area contributed by atoms with Gasteiger partial charge in [-0.1, -0.05) is 72.8 Å². The minimum atomic E-state index is -1.33. The number of fused-ring (bicyclic) bond motifs is 1. The van der Waals surface area contributed by atoms with Crippen molar-refractivity contribution >= 4 is 11.9 Å². The molecule has 3 aromatic carbocycles. The monoisotopic (exact) mass is 402 g/mol. The Hall–Kier alpha value is -3.31. The van der Waals surface area contributed by atoms with Gasteiger partial charge in [0.2, 0.25) is 5.91 Å². The number of carbonyl (C=O) groups excluding carboxylic acids is 2. The molecule has 0 aliphatic carbocycles. The van der Waals surface area contributed by atoms with Crippen molar-refractivity contribution in [2.24, 2.45) is 5.73 Å². The molecule has 0 fully saturated rings. The highest BCUT2D eigenvalue weighted by Crippen LogP contribution is 2.37. The summed E-state index contributed by atoms with van der Waals surface area (Å²) in [5.41, 5.74) is 11.9. The van der Waals surface area contributed by atoms with E-state index in [1.165, 1.54) is 0 Å². The number of halogens is 1. The normalized spacial score (nSPS) is 15.7. The van der Waals surface area contributed by atoms with Crippen molar-refractivity contribution in [1.29, 1.82) is 0 Å². The van der Waals surface area contributed by atoms with Crippen LogP contribution in [0.25, 0.3) is 11.1 Å². The van der Waals surface area contributed by atoms with Gasteiger partial charge in [-0.25, -0.2) is 0 Å². The van der Waals surface area contributed by atoms with Crippen LogP contribution in [0.15, 0.2) is 72.8 Å². The summed E-state index contributed by atoms with van der Waals surface area (Å²) in [6.07, 6.45) is 0.152. The lowest BCUT2D eigenvalue weighted by Crippen LogP contribution is -2.32. The Balaban J connectivity index is 1.63. The minimum absolute atomic E-state index is 0.159. The SMILES string of the molecule is NC(=O)C1c2cc(CCC(=O)F)ccc2CN1Cc1ccccc1-c1ccccc1. The van der Waals surface area contributed by atoms with Crippen LogP contribution in [0.1, 0.15) is 34.7 Å². The topological polar surface area (TPSA) is 63.4 Å². The minimum Gasteiger partial charge on any atom is -0.368 e. The van der Waals surface area contributed by atoms with E-state index in [1.807, 2.05) is 48.5 Å². The number of rotatable bonds is 7. The fourth-order valence-corrected chi connectivity index (χ4v) is 4.20. The molecule has 0 spiro atoms. The zero-order chi connectivity index (χ0) is 21.1. The van der Waals surface area contributed by atoms with Crippen molar-refractivity contribution in [2.45, 2.75) is 32.0 Å². The number of aryl methyl sites for hydroxylation is 1. The molecule has 3 aromatic rings. The molecule has 1 heterocycles. The maximum absolute atomic E-state index is 12.6. The second-order valence-corrected chi connectivity index (χ2v) is 7.62. The molecule has 1 aliphatic rings. The fraction of sp³-hybridized carbons (Fsp3) is 0.200. The molecular weight excluding hydrogens is 379 g/mol. The molecule has 1 amide bonds. The van der Waals surface area contributed by atoms with E-state index in [0.29, 0.717) is 19.5 Å². The smallest absolute Gasteiger partial charge is 0.301 e. The Bertz CT molecular complexity index is 1080. The Labute approximate surface area is 175 Å². The summed E-state index contributed by atoms with van der Waals surface area (Å²) in [7, 11) is 0. The third kappa shape index (κ3) is 4.16.